The number of hydrogen-bond acceptors (Lipinski definition) is 3. The molecule has 1 aromatic rings. The normalized spacial score (nSPS) is 27.9. The van der Waals surface area contributed by atoms with Crippen molar-refractivity contribution in [2.24, 2.45) is 16.9 Å². The summed E-state index contributed by atoms with van der Waals surface area (Å²) in [5.74, 6) is 1.95. The Morgan fingerprint density at radius 2 is 2.05 bits per heavy atom. The van der Waals surface area contributed by atoms with E-state index >= 15 is 0 Å². The molecule has 0 amide bonds. The van der Waals surface area contributed by atoms with Gasteiger partial charge in [0.25, 0.3) is 0 Å². The highest BCUT2D eigenvalue weighted by Gasteiger charge is 2.39. The van der Waals surface area contributed by atoms with Gasteiger partial charge in [-0.05, 0) is 73.1 Å². The smallest absolute Gasteiger partial charge is 0.187 e. The minimum atomic E-state index is 0.253. The molecule has 0 heterocycles. The van der Waals surface area contributed by atoms with Crippen molar-refractivity contribution in [2.75, 3.05) is 0 Å². The Morgan fingerprint density at radius 3 is 2.70 bits per heavy atom. The summed E-state index contributed by atoms with van der Waals surface area (Å²) in [5.41, 5.74) is 3.77. The number of phenols is 1. The molecule has 5 heteroatoms. The van der Waals surface area contributed by atoms with Gasteiger partial charge in [0.05, 0.1) is 6.21 Å². The van der Waals surface area contributed by atoms with Crippen LogP contribution in [0.15, 0.2) is 29.4 Å². The van der Waals surface area contributed by atoms with E-state index in [9.17, 15) is 5.11 Å². The average Bonchev–Trinajstić information content (AvgIpc) is 3.03. The fraction of sp³-hybridized carbons (Fsp3) is 0.467. The predicted molar refractivity (Wildman–Crippen MR) is 83.8 cm³/mol. The number of phenolic OH excluding ortho intramolecular Hbond substituents is 1. The number of hydrogen-bond donors (Lipinski definition) is 3. The molecule has 2 bridgehead atoms. The van der Waals surface area contributed by atoms with Gasteiger partial charge >= 0.3 is 0 Å². The molecule has 3 atom stereocenters. The van der Waals surface area contributed by atoms with Crippen LogP contribution in [0.25, 0.3) is 0 Å². The Bertz CT molecular complexity index is 514. The number of hydrazone groups is 1. The van der Waals surface area contributed by atoms with E-state index in [0.717, 1.165) is 17.4 Å². The van der Waals surface area contributed by atoms with Crippen molar-refractivity contribution in [3.05, 3.63) is 29.8 Å². The molecule has 0 unspecified atom stereocenters. The zero-order chi connectivity index (χ0) is 13.9. The lowest BCUT2D eigenvalue weighted by molar-refractivity contribution is 0.389. The van der Waals surface area contributed by atoms with Crippen molar-refractivity contribution in [1.29, 1.82) is 0 Å². The lowest BCUT2D eigenvalue weighted by Gasteiger charge is -2.23. The molecular weight excluding hydrogens is 270 g/mol. The summed E-state index contributed by atoms with van der Waals surface area (Å²) in [6.07, 6.45) is 7.02. The largest absolute Gasteiger partial charge is 0.508 e. The van der Waals surface area contributed by atoms with E-state index in [0.29, 0.717) is 11.2 Å². The second-order valence-corrected chi connectivity index (χ2v) is 6.12. The molecule has 20 heavy (non-hydrogen) atoms. The third-order valence-electron chi connectivity index (χ3n) is 4.33. The van der Waals surface area contributed by atoms with Crippen molar-refractivity contribution in [2.45, 2.75) is 31.7 Å². The second-order valence-electron chi connectivity index (χ2n) is 5.72. The summed E-state index contributed by atoms with van der Waals surface area (Å²) >= 11 is 5.27. The molecule has 4 nitrogen and oxygen atoms in total. The Morgan fingerprint density at radius 1 is 1.25 bits per heavy atom. The third-order valence-corrected chi connectivity index (χ3v) is 4.54. The first-order valence-corrected chi connectivity index (χ1v) is 7.50. The lowest BCUT2D eigenvalue weighted by atomic mass is 9.96. The first-order chi connectivity index (χ1) is 9.70. The van der Waals surface area contributed by atoms with Crippen molar-refractivity contribution in [3.63, 3.8) is 0 Å². The molecule has 3 N–H and O–H groups in total. The maximum absolute atomic E-state index is 9.19. The van der Waals surface area contributed by atoms with Gasteiger partial charge in [0.2, 0.25) is 0 Å². The summed E-state index contributed by atoms with van der Waals surface area (Å²) in [6.45, 7) is 0. The van der Waals surface area contributed by atoms with Crippen molar-refractivity contribution < 1.29 is 5.11 Å². The zero-order valence-corrected chi connectivity index (χ0v) is 12.1. The van der Waals surface area contributed by atoms with Crippen molar-refractivity contribution in [3.8, 4) is 5.75 Å². The second kappa shape index (κ2) is 5.79. The quantitative estimate of drug-likeness (QED) is 0.454. The van der Waals surface area contributed by atoms with Crippen LogP contribution in [0.5, 0.6) is 5.75 Å². The minimum Gasteiger partial charge on any atom is -0.508 e. The Hall–Kier alpha value is -1.62. The van der Waals surface area contributed by atoms with Crippen LogP contribution in [0.3, 0.4) is 0 Å². The average molecular weight is 289 g/mol. The van der Waals surface area contributed by atoms with Crippen LogP contribution < -0.4 is 10.7 Å². The van der Waals surface area contributed by atoms with Gasteiger partial charge in [0, 0.05) is 6.04 Å². The number of fused-ring (bicyclic) bond motifs is 2. The van der Waals surface area contributed by atoms with E-state index < -0.39 is 0 Å². The molecular formula is C15H19N3OS. The number of aromatic hydroxyl groups is 1. The molecule has 0 radical (unpaired) electrons. The Kier molecular flexibility index (Phi) is 3.87. The van der Waals surface area contributed by atoms with Gasteiger partial charge in [-0.1, -0.05) is 6.42 Å². The number of nitrogens with zero attached hydrogens (tertiary/aromatic N) is 1. The highest BCUT2D eigenvalue weighted by molar-refractivity contribution is 7.80. The Labute approximate surface area is 124 Å². The van der Waals surface area contributed by atoms with Gasteiger partial charge in [-0.3, -0.25) is 5.43 Å². The van der Waals surface area contributed by atoms with Gasteiger partial charge in [0.15, 0.2) is 5.11 Å². The van der Waals surface area contributed by atoms with Crippen LogP contribution in [0.1, 0.15) is 31.2 Å². The maximum Gasteiger partial charge on any atom is 0.187 e. The molecule has 3 rings (SSSR count). The van der Waals surface area contributed by atoms with E-state index in [1.54, 1.807) is 30.5 Å². The summed E-state index contributed by atoms with van der Waals surface area (Å²) in [7, 11) is 0. The fourth-order valence-electron chi connectivity index (χ4n) is 3.35. The van der Waals surface area contributed by atoms with E-state index in [2.05, 4.69) is 15.8 Å². The summed E-state index contributed by atoms with van der Waals surface area (Å²) in [4.78, 5) is 0. The zero-order valence-electron chi connectivity index (χ0n) is 11.2. The van der Waals surface area contributed by atoms with Gasteiger partial charge in [-0.15, -0.1) is 0 Å². The number of nitrogens with one attached hydrogen (secondary N) is 2. The van der Waals surface area contributed by atoms with E-state index in [4.69, 9.17) is 12.2 Å². The topological polar surface area (TPSA) is 56.7 Å². The number of benzene rings is 1. The molecule has 2 fully saturated rings. The van der Waals surface area contributed by atoms with Crippen LogP contribution in [0.4, 0.5) is 0 Å². The molecule has 0 aromatic heterocycles. The lowest BCUT2D eigenvalue weighted by Crippen LogP contribution is -2.42. The Balaban J connectivity index is 1.46. The van der Waals surface area contributed by atoms with E-state index in [1.807, 2.05) is 0 Å². The van der Waals surface area contributed by atoms with Crippen LogP contribution in [0.2, 0.25) is 0 Å². The van der Waals surface area contributed by atoms with Crippen LogP contribution in [-0.4, -0.2) is 22.5 Å². The van der Waals surface area contributed by atoms with Gasteiger partial charge < -0.3 is 10.4 Å². The molecule has 2 saturated carbocycles. The van der Waals surface area contributed by atoms with Crippen LogP contribution >= 0.6 is 12.2 Å². The van der Waals surface area contributed by atoms with E-state index in [1.165, 1.54) is 25.7 Å². The van der Waals surface area contributed by atoms with Gasteiger partial charge in [-0.2, -0.15) is 5.10 Å². The predicted octanol–water partition coefficient (Wildman–Crippen LogP) is 2.38. The van der Waals surface area contributed by atoms with E-state index in [-0.39, 0.29) is 5.75 Å². The first kappa shape index (κ1) is 13.4. The number of rotatable bonds is 3. The first-order valence-electron chi connectivity index (χ1n) is 7.09. The minimum absolute atomic E-state index is 0.253. The molecule has 0 saturated heterocycles. The highest BCUT2D eigenvalue weighted by Crippen LogP contribution is 2.44. The maximum atomic E-state index is 9.19. The van der Waals surface area contributed by atoms with Crippen molar-refractivity contribution in [1.82, 2.24) is 10.7 Å². The molecule has 2 aliphatic carbocycles. The highest BCUT2D eigenvalue weighted by atomic mass is 32.1. The molecule has 2 aliphatic rings. The summed E-state index contributed by atoms with van der Waals surface area (Å²) in [5, 5.41) is 17.3. The summed E-state index contributed by atoms with van der Waals surface area (Å²) in [6, 6.07) is 7.39. The standard InChI is InChI=1S/C15H19N3OS/c19-13-5-2-10(3-6-13)9-16-18-15(20)17-14-8-11-1-4-12(14)7-11/h2-3,5-6,9,11-12,14,19H,1,4,7-8H2,(H2,17,18,20)/b16-9-/t11-,12-,14+/m0/s1. The van der Waals surface area contributed by atoms with Crippen LogP contribution in [-0.2, 0) is 0 Å². The van der Waals surface area contributed by atoms with Gasteiger partial charge in [-0.25, -0.2) is 0 Å². The van der Waals surface area contributed by atoms with Gasteiger partial charge in [0.1, 0.15) is 5.75 Å². The monoisotopic (exact) mass is 289 g/mol. The number of thiocarbonyl (C=S) groups is 1. The van der Waals surface area contributed by atoms with Crippen LogP contribution in [0, 0.1) is 11.8 Å². The molecule has 1 aromatic carbocycles. The summed E-state index contributed by atoms with van der Waals surface area (Å²) < 4.78 is 0. The fourth-order valence-corrected chi connectivity index (χ4v) is 3.55. The molecule has 0 spiro atoms. The van der Waals surface area contributed by atoms with Crippen molar-refractivity contribution >= 4 is 23.5 Å². The SMILES string of the molecule is Oc1ccc(/C=N\NC(=S)N[C@@H]2C[C@H]3CC[C@H]2C3)cc1. The molecule has 106 valence electrons. The third kappa shape index (κ3) is 3.10. The molecule has 0 aliphatic heterocycles.